The number of nitrogens with zero attached hydrogens (tertiary/aromatic N) is 4. The van der Waals surface area contributed by atoms with Crippen molar-refractivity contribution in [3.63, 3.8) is 0 Å². The number of pyridine rings is 1. The van der Waals surface area contributed by atoms with Gasteiger partial charge >= 0.3 is 0 Å². The van der Waals surface area contributed by atoms with Crippen LogP contribution in [0.5, 0.6) is 17.4 Å². The smallest absolute Gasteiger partial charge is 0.247 e. The quantitative estimate of drug-likeness (QED) is 0.444. The number of methoxy groups -OCH3 is 3. The van der Waals surface area contributed by atoms with Crippen molar-refractivity contribution in [3.05, 3.63) is 43.5 Å². The summed E-state index contributed by atoms with van der Waals surface area (Å²) >= 11 is 6.89. The van der Waals surface area contributed by atoms with E-state index in [2.05, 4.69) is 48.0 Å². The molecule has 2 aromatic rings. The van der Waals surface area contributed by atoms with E-state index in [9.17, 15) is 10.1 Å². The molecule has 180 valence electrons. The summed E-state index contributed by atoms with van der Waals surface area (Å²) in [5.41, 5.74) is 2.10. The number of amides is 1. The second kappa shape index (κ2) is 11.0. The molecule has 1 aliphatic rings. The first-order chi connectivity index (χ1) is 16.2. The fraction of sp³-hybridized carbons (Fsp3) is 0.364. The average molecular weight is 598 g/mol. The second-order valence-corrected chi connectivity index (χ2v) is 8.72. The molecule has 1 atom stereocenters. The Labute approximate surface area is 213 Å². The topological polar surface area (TPSA) is 116 Å². The molecule has 0 N–H and O–H groups in total. The van der Waals surface area contributed by atoms with Crippen LogP contribution in [0.1, 0.15) is 35.5 Å². The third-order valence-corrected chi connectivity index (χ3v) is 6.49. The average Bonchev–Trinajstić information content (AvgIpc) is 3.25. The number of carbonyl (C=O) groups excluding carboxylic acids is 1. The van der Waals surface area contributed by atoms with Crippen LogP contribution in [0, 0.1) is 18.3 Å². The third kappa shape index (κ3) is 5.11. The number of rotatable bonds is 8. The lowest BCUT2D eigenvalue weighted by molar-refractivity contribution is -0.135. The van der Waals surface area contributed by atoms with Crippen LogP contribution < -0.4 is 14.2 Å². The van der Waals surface area contributed by atoms with Gasteiger partial charge in [-0.3, -0.25) is 4.79 Å². The minimum atomic E-state index is -0.841. The molecule has 0 aliphatic carbocycles. The molecule has 1 aromatic carbocycles. The minimum absolute atomic E-state index is 0.119. The predicted molar refractivity (Wildman–Crippen MR) is 129 cm³/mol. The van der Waals surface area contributed by atoms with Crippen LogP contribution in [-0.4, -0.2) is 49.7 Å². The van der Waals surface area contributed by atoms with Crippen LogP contribution in [0.2, 0.25) is 0 Å². The van der Waals surface area contributed by atoms with Gasteiger partial charge in [0.2, 0.25) is 23.9 Å². The summed E-state index contributed by atoms with van der Waals surface area (Å²) < 4.78 is 29.0. The highest BCUT2D eigenvalue weighted by Crippen LogP contribution is 2.40. The Kier molecular flexibility index (Phi) is 8.35. The largest absolute Gasteiger partial charge is 0.493 e. The number of carbonyl (C=O) groups is 1. The van der Waals surface area contributed by atoms with Gasteiger partial charge in [0.15, 0.2) is 18.1 Å². The summed E-state index contributed by atoms with van der Waals surface area (Å²) in [6.07, 6.45) is -0.841. The number of hydrogen-bond acceptors (Lipinski definition) is 9. The Morgan fingerprint density at radius 2 is 1.97 bits per heavy atom. The number of benzene rings is 1. The summed E-state index contributed by atoms with van der Waals surface area (Å²) in [6, 6.07) is 5.57. The van der Waals surface area contributed by atoms with Crippen molar-refractivity contribution in [2.24, 2.45) is 5.10 Å². The fourth-order valence-corrected chi connectivity index (χ4v) is 4.33. The normalized spacial score (nSPS) is 14.8. The van der Waals surface area contributed by atoms with Crippen molar-refractivity contribution < 1.29 is 28.5 Å². The predicted octanol–water partition coefficient (Wildman–Crippen LogP) is 4.22. The molecule has 0 unspecified atom stereocenters. The Bertz CT molecular complexity index is 1180. The van der Waals surface area contributed by atoms with E-state index >= 15 is 0 Å². The van der Waals surface area contributed by atoms with E-state index in [1.165, 1.54) is 33.3 Å². The molecule has 34 heavy (non-hydrogen) atoms. The zero-order valence-corrected chi connectivity index (χ0v) is 22.3. The molecule has 1 aromatic heterocycles. The van der Waals surface area contributed by atoms with Crippen LogP contribution in [0.15, 0.2) is 26.2 Å². The lowest BCUT2D eigenvalue weighted by Crippen LogP contribution is -2.25. The summed E-state index contributed by atoms with van der Waals surface area (Å²) in [5.74, 6) is 0.903. The molecule has 0 saturated heterocycles. The van der Waals surface area contributed by atoms with Crippen molar-refractivity contribution in [2.75, 3.05) is 27.9 Å². The maximum Gasteiger partial charge on any atom is 0.247 e. The van der Waals surface area contributed by atoms with Gasteiger partial charge in [0.05, 0.1) is 31.0 Å². The van der Waals surface area contributed by atoms with E-state index < -0.39 is 6.23 Å². The standard InChI is InChI=1S/C22H22Br2N4O6/c1-11-19(24)15(9-30-3)14(8-25)21(26-11)33-10-18-27-28(12(2)29)22(34-18)13-6-16(23)20(32-5)17(7-13)31-4/h6-7,22H,9-10H2,1-5H3/t22-/m1/s1. The monoisotopic (exact) mass is 596 g/mol. The fourth-order valence-electron chi connectivity index (χ4n) is 3.31. The minimum Gasteiger partial charge on any atom is -0.493 e. The van der Waals surface area contributed by atoms with Gasteiger partial charge in [-0.25, -0.2) is 4.98 Å². The Morgan fingerprint density at radius 3 is 2.56 bits per heavy atom. The van der Waals surface area contributed by atoms with Crippen molar-refractivity contribution in [1.82, 2.24) is 9.99 Å². The molecule has 1 amide bonds. The molecule has 0 saturated carbocycles. The van der Waals surface area contributed by atoms with E-state index in [0.717, 1.165) is 0 Å². The van der Waals surface area contributed by atoms with Crippen molar-refractivity contribution in [3.8, 4) is 23.4 Å². The van der Waals surface area contributed by atoms with E-state index in [-0.39, 0.29) is 36.5 Å². The van der Waals surface area contributed by atoms with Crippen LogP contribution in [0.25, 0.3) is 0 Å². The molecule has 0 spiro atoms. The van der Waals surface area contributed by atoms with E-state index in [4.69, 9.17) is 23.7 Å². The van der Waals surface area contributed by atoms with Crippen LogP contribution >= 0.6 is 31.9 Å². The number of hydrazone groups is 1. The Balaban J connectivity index is 1.88. The molecule has 12 heteroatoms. The lowest BCUT2D eigenvalue weighted by Gasteiger charge is -2.21. The maximum atomic E-state index is 12.3. The number of hydrogen-bond donors (Lipinski definition) is 0. The Hall–Kier alpha value is -2.88. The third-order valence-electron chi connectivity index (χ3n) is 4.85. The summed E-state index contributed by atoms with van der Waals surface area (Å²) in [4.78, 5) is 16.6. The number of halogens is 2. The number of aromatic nitrogens is 1. The number of aryl methyl sites for hydroxylation is 1. The lowest BCUT2D eigenvalue weighted by atomic mass is 10.1. The van der Waals surface area contributed by atoms with Crippen LogP contribution in [0.3, 0.4) is 0 Å². The highest BCUT2D eigenvalue weighted by atomic mass is 79.9. The van der Waals surface area contributed by atoms with Crippen molar-refractivity contribution >= 4 is 43.7 Å². The van der Waals surface area contributed by atoms with Crippen molar-refractivity contribution in [2.45, 2.75) is 26.7 Å². The molecule has 2 heterocycles. The molecule has 10 nitrogen and oxygen atoms in total. The highest BCUT2D eigenvalue weighted by molar-refractivity contribution is 9.10. The molecule has 0 bridgehead atoms. The molecule has 0 fully saturated rings. The zero-order chi connectivity index (χ0) is 25.0. The van der Waals surface area contributed by atoms with Gasteiger partial charge in [-0.1, -0.05) is 0 Å². The molecule has 3 rings (SSSR count). The van der Waals surface area contributed by atoms with Crippen LogP contribution in [-0.2, 0) is 20.9 Å². The van der Waals surface area contributed by atoms with Gasteiger partial charge in [0.25, 0.3) is 0 Å². The molecular formula is C22H22Br2N4O6. The molecule has 1 aliphatic heterocycles. The van der Waals surface area contributed by atoms with Gasteiger partial charge in [0, 0.05) is 29.6 Å². The molecular weight excluding hydrogens is 576 g/mol. The first-order valence-electron chi connectivity index (χ1n) is 9.91. The van der Waals surface area contributed by atoms with Gasteiger partial charge in [-0.2, -0.15) is 10.3 Å². The molecule has 0 radical (unpaired) electrons. The summed E-state index contributed by atoms with van der Waals surface area (Å²) in [7, 11) is 4.58. The van der Waals surface area contributed by atoms with Gasteiger partial charge in [0.1, 0.15) is 11.6 Å². The van der Waals surface area contributed by atoms with E-state index in [0.29, 0.717) is 37.3 Å². The summed E-state index contributed by atoms with van der Waals surface area (Å²) in [6.45, 7) is 3.21. The van der Waals surface area contributed by atoms with Gasteiger partial charge < -0.3 is 23.7 Å². The number of ether oxygens (including phenoxy) is 5. The maximum absolute atomic E-state index is 12.3. The van der Waals surface area contributed by atoms with Crippen LogP contribution in [0.4, 0.5) is 0 Å². The van der Waals surface area contributed by atoms with Crippen molar-refractivity contribution in [1.29, 1.82) is 5.26 Å². The van der Waals surface area contributed by atoms with Gasteiger partial charge in [-0.05, 0) is 50.9 Å². The Morgan fingerprint density at radius 1 is 1.24 bits per heavy atom. The summed E-state index contributed by atoms with van der Waals surface area (Å²) in [5, 5.41) is 15.1. The zero-order valence-electron chi connectivity index (χ0n) is 19.1. The first-order valence-corrected chi connectivity index (χ1v) is 11.5. The second-order valence-electron chi connectivity index (χ2n) is 7.07. The SMILES string of the molecule is COCc1c(Br)c(C)nc(OCC2=NN(C(C)=O)[C@@H](c3cc(Br)c(OC)c(OC)c3)O2)c1C#N. The van der Waals surface area contributed by atoms with Gasteiger partial charge in [-0.15, -0.1) is 5.10 Å². The number of nitriles is 1. The highest BCUT2D eigenvalue weighted by Gasteiger charge is 2.34. The van der Waals surface area contributed by atoms with E-state index in [1.807, 2.05) is 0 Å². The first kappa shape index (κ1) is 25.7. The van der Waals surface area contributed by atoms with E-state index in [1.54, 1.807) is 19.1 Å².